The van der Waals surface area contributed by atoms with E-state index in [-0.39, 0.29) is 10.8 Å². The first kappa shape index (κ1) is 15.6. The molecule has 0 aliphatic heterocycles. The Morgan fingerprint density at radius 1 is 1.24 bits per heavy atom. The number of phenols is 1. The number of nitrogens with zero attached hydrogens (tertiary/aromatic N) is 1. The number of aliphatic hydroxyl groups excluding tert-OH is 1. The summed E-state index contributed by atoms with van der Waals surface area (Å²) in [5.41, 5.74) is 1.60. The normalized spacial score (nSPS) is 12.2. The van der Waals surface area contributed by atoms with Crippen molar-refractivity contribution in [3.63, 3.8) is 0 Å². The van der Waals surface area contributed by atoms with E-state index >= 15 is 0 Å². The Hall–Kier alpha value is -1.78. The molecule has 112 valence electrons. The first-order valence-electron chi connectivity index (χ1n) is 6.61. The van der Waals surface area contributed by atoms with Crippen LogP contribution in [0.5, 0.6) is 5.75 Å². The van der Waals surface area contributed by atoms with E-state index in [9.17, 15) is 14.6 Å². The van der Waals surface area contributed by atoms with E-state index in [2.05, 4.69) is 0 Å². The van der Waals surface area contributed by atoms with Crippen molar-refractivity contribution in [2.24, 2.45) is 0 Å². The van der Waals surface area contributed by atoms with Crippen molar-refractivity contribution in [1.29, 1.82) is 0 Å². The van der Waals surface area contributed by atoms with E-state index in [1.54, 1.807) is 31.2 Å². The molecule has 0 spiro atoms. The van der Waals surface area contributed by atoms with Gasteiger partial charge in [-0.1, -0.05) is 23.7 Å². The fourth-order valence-corrected chi connectivity index (χ4v) is 2.31. The molecule has 0 radical (unpaired) electrons. The summed E-state index contributed by atoms with van der Waals surface area (Å²) in [6.07, 6.45) is -0.550. The summed E-state index contributed by atoms with van der Waals surface area (Å²) in [6.45, 7) is 2.53. The number of phenolic OH excluding ortho intramolecular Hbond substituents is 1. The van der Waals surface area contributed by atoms with E-state index in [0.717, 1.165) is 5.56 Å². The number of aliphatic hydroxyl groups is 1. The number of hydrogen-bond acceptors (Lipinski definition) is 3. The molecule has 0 aromatic heterocycles. The molecule has 21 heavy (non-hydrogen) atoms. The smallest absolute Gasteiger partial charge is 0.141 e. The van der Waals surface area contributed by atoms with Gasteiger partial charge in [0.2, 0.25) is 0 Å². The van der Waals surface area contributed by atoms with Crippen molar-refractivity contribution in [1.82, 2.24) is 0 Å². The molecule has 2 rings (SSSR count). The van der Waals surface area contributed by atoms with Crippen LogP contribution >= 0.6 is 11.6 Å². The molecule has 2 N–H and O–H groups in total. The van der Waals surface area contributed by atoms with Crippen LogP contribution in [0.15, 0.2) is 42.5 Å². The lowest BCUT2D eigenvalue weighted by Gasteiger charge is -2.26. The Bertz CT molecular complexity index is 619. The van der Waals surface area contributed by atoms with Gasteiger partial charge in [0.05, 0.1) is 11.1 Å². The molecule has 1 atom stereocenters. The van der Waals surface area contributed by atoms with E-state index < -0.39 is 11.9 Å². The standard InChI is InChI=1S/C16H17ClFNO2/c1-11(20)9-19(10-12-3-2-4-14(21)7-12)13-5-6-16(18)15(17)8-13/h2-8,11,20-21H,9-10H2,1H3. The lowest BCUT2D eigenvalue weighted by molar-refractivity contribution is 0.199. The first-order chi connectivity index (χ1) is 9.95. The number of rotatable bonds is 5. The van der Waals surface area contributed by atoms with Gasteiger partial charge in [0.1, 0.15) is 11.6 Å². The average Bonchev–Trinajstić information content (AvgIpc) is 2.41. The van der Waals surface area contributed by atoms with Crippen molar-refractivity contribution < 1.29 is 14.6 Å². The predicted molar refractivity (Wildman–Crippen MR) is 82.2 cm³/mol. The van der Waals surface area contributed by atoms with Gasteiger partial charge in [-0.05, 0) is 42.8 Å². The van der Waals surface area contributed by atoms with Gasteiger partial charge in [-0.3, -0.25) is 0 Å². The molecular formula is C16H17ClFNO2. The second-order valence-corrected chi connectivity index (χ2v) is 5.41. The maximum atomic E-state index is 13.3. The largest absolute Gasteiger partial charge is 0.508 e. The Kier molecular flexibility index (Phi) is 5.04. The molecule has 2 aromatic carbocycles. The molecule has 0 aliphatic carbocycles. The third-order valence-electron chi connectivity index (χ3n) is 3.04. The van der Waals surface area contributed by atoms with Gasteiger partial charge < -0.3 is 15.1 Å². The zero-order valence-electron chi connectivity index (χ0n) is 11.6. The van der Waals surface area contributed by atoms with E-state index in [1.807, 2.05) is 11.0 Å². The van der Waals surface area contributed by atoms with E-state index in [1.165, 1.54) is 12.1 Å². The number of hydrogen-bond donors (Lipinski definition) is 2. The molecule has 0 amide bonds. The highest BCUT2D eigenvalue weighted by atomic mass is 35.5. The Morgan fingerprint density at radius 3 is 2.62 bits per heavy atom. The monoisotopic (exact) mass is 309 g/mol. The molecule has 5 heteroatoms. The minimum atomic E-state index is -0.550. The fraction of sp³-hybridized carbons (Fsp3) is 0.250. The predicted octanol–water partition coefficient (Wildman–Crippen LogP) is 3.57. The van der Waals surface area contributed by atoms with E-state index in [4.69, 9.17) is 11.6 Å². The van der Waals surface area contributed by atoms with Gasteiger partial charge in [-0.25, -0.2) is 4.39 Å². The molecule has 1 unspecified atom stereocenters. The van der Waals surface area contributed by atoms with Crippen molar-refractivity contribution in [3.8, 4) is 5.75 Å². The van der Waals surface area contributed by atoms with Crippen LogP contribution in [0, 0.1) is 5.82 Å². The second-order valence-electron chi connectivity index (χ2n) is 5.00. The number of benzene rings is 2. The van der Waals surface area contributed by atoms with Crippen LogP contribution in [0.1, 0.15) is 12.5 Å². The Labute approximate surface area is 128 Å². The number of aromatic hydroxyl groups is 1. The average molecular weight is 310 g/mol. The van der Waals surface area contributed by atoms with Gasteiger partial charge in [0.25, 0.3) is 0 Å². The van der Waals surface area contributed by atoms with Crippen LogP contribution in [0.2, 0.25) is 5.02 Å². The topological polar surface area (TPSA) is 43.7 Å². The van der Waals surface area contributed by atoms with Gasteiger partial charge >= 0.3 is 0 Å². The minimum Gasteiger partial charge on any atom is -0.508 e. The third-order valence-corrected chi connectivity index (χ3v) is 3.33. The molecule has 2 aromatic rings. The maximum absolute atomic E-state index is 13.3. The summed E-state index contributed by atoms with van der Waals surface area (Å²) >= 11 is 5.82. The lowest BCUT2D eigenvalue weighted by Crippen LogP contribution is -2.30. The van der Waals surface area contributed by atoms with Crippen LogP contribution in [-0.4, -0.2) is 22.9 Å². The summed E-state index contributed by atoms with van der Waals surface area (Å²) < 4.78 is 13.3. The van der Waals surface area contributed by atoms with Crippen molar-refractivity contribution in [2.45, 2.75) is 19.6 Å². The third kappa shape index (κ3) is 4.34. The van der Waals surface area contributed by atoms with Gasteiger partial charge in [0.15, 0.2) is 0 Å². The van der Waals surface area contributed by atoms with Crippen LogP contribution in [0.4, 0.5) is 10.1 Å². The van der Waals surface area contributed by atoms with Crippen LogP contribution in [0.25, 0.3) is 0 Å². The van der Waals surface area contributed by atoms with Crippen LogP contribution < -0.4 is 4.90 Å². The zero-order valence-corrected chi connectivity index (χ0v) is 12.4. The van der Waals surface area contributed by atoms with Gasteiger partial charge in [-0.2, -0.15) is 0 Å². The van der Waals surface area contributed by atoms with Crippen molar-refractivity contribution in [2.75, 3.05) is 11.4 Å². The summed E-state index contributed by atoms with van der Waals surface area (Å²) in [5.74, 6) is -0.295. The maximum Gasteiger partial charge on any atom is 0.141 e. The summed E-state index contributed by atoms with van der Waals surface area (Å²) in [5, 5.41) is 19.2. The highest BCUT2D eigenvalue weighted by Gasteiger charge is 2.12. The zero-order chi connectivity index (χ0) is 15.4. The number of anilines is 1. The van der Waals surface area contributed by atoms with Crippen LogP contribution in [0.3, 0.4) is 0 Å². The molecule has 0 heterocycles. The molecule has 0 saturated carbocycles. The first-order valence-corrected chi connectivity index (χ1v) is 6.99. The Morgan fingerprint density at radius 2 is 2.00 bits per heavy atom. The SMILES string of the molecule is CC(O)CN(Cc1cccc(O)c1)c1ccc(F)c(Cl)c1. The minimum absolute atomic E-state index is 0.0407. The van der Waals surface area contributed by atoms with Crippen molar-refractivity contribution in [3.05, 3.63) is 58.9 Å². The number of halogens is 2. The Balaban J connectivity index is 2.27. The molecule has 0 aliphatic rings. The second kappa shape index (κ2) is 6.78. The van der Waals surface area contributed by atoms with Gasteiger partial charge in [-0.15, -0.1) is 0 Å². The lowest BCUT2D eigenvalue weighted by atomic mass is 10.1. The fourth-order valence-electron chi connectivity index (χ4n) is 2.14. The summed E-state index contributed by atoms with van der Waals surface area (Å²) in [7, 11) is 0. The quantitative estimate of drug-likeness (QED) is 0.887. The molecule has 3 nitrogen and oxygen atoms in total. The van der Waals surface area contributed by atoms with E-state index in [0.29, 0.717) is 18.8 Å². The highest BCUT2D eigenvalue weighted by Crippen LogP contribution is 2.25. The molecule has 0 bridgehead atoms. The van der Waals surface area contributed by atoms with Gasteiger partial charge in [0, 0.05) is 18.8 Å². The summed E-state index contributed by atoms with van der Waals surface area (Å²) in [4.78, 5) is 1.88. The molecular weight excluding hydrogens is 293 g/mol. The summed E-state index contributed by atoms with van der Waals surface area (Å²) in [6, 6.07) is 11.3. The highest BCUT2D eigenvalue weighted by molar-refractivity contribution is 6.31. The molecule has 0 saturated heterocycles. The van der Waals surface area contributed by atoms with Crippen molar-refractivity contribution >= 4 is 17.3 Å². The molecule has 0 fully saturated rings. The van der Waals surface area contributed by atoms with Crippen LogP contribution in [-0.2, 0) is 6.54 Å².